The fourth-order valence-corrected chi connectivity index (χ4v) is 4.16. The van der Waals surface area contributed by atoms with Crippen LogP contribution in [-0.4, -0.2) is 56.7 Å². The van der Waals surface area contributed by atoms with Crippen LogP contribution < -0.4 is 5.32 Å². The highest BCUT2D eigenvalue weighted by Gasteiger charge is 2.29. The topological polar surface area (TPSA) is 63.2 Å². The van der Waals surface area contributed by atoms with Crippen LogP contribution in [0.4, 0.5) is 0 Å². The number of carbonyl (C=O) groups excluding carboxylic acids is 1. The average Bonchev–Trinajstić information content (AvgIpc) is 2.77. The zero-order valence-corrected chi connectivity index (χ0v) is 17.1. The van der Waals surface area contributed by atoms with E-state index in [-0.39, 0.29) is 18.0 Å². The fourth-order valence-electron chi connectivity index (χ4n) is 4.16. The van der Waals surface area contributed by atoms with E-state index in [1.54, 1.807) is 0 Å². The lowest BCUT2D eigenvalue weighted by Crippen LogP contribution is -2.47. The van der Waals surface area contributed by atoms with Crippen LogP contribution in [0.25, 0.3) is 0 Å². The van der Waals surface area contributed by atoms with Crippen molar-refractivity contribution in [3.8, 4) is 0 Å². The van der Waals surface area contributed by atoms with Crippen molar-refractivity contribution in [1.29, 1.82) is 0 Å². The van der Waals surface area contributed by atoms with Crippen molar-refractivity contribution in [2.75, 3.05) is 39.9 Å². The van der Waals surface area contributed by atoms with Gasteiger partial charge in [-0.1, -0.05) is 30.3 Å². The first-order valence-corrected chi connectivity index (χ1v) is 10.5. The van der Waals surface area contributed by atoms with Gasteiger partial charge in [-0.2, -0.15) is 0 Å². The number of hydrogen-bond donors (Lipinski definition) is 1. The Balaban J connectivity index is 1.64. The minimum Gasteiger partial charge on any atom is -0.469 e. The molecule has 6 heteroatoms. The summed E-state index contributed by atoms with van der Waals surface area (Å²) in [6.45, 7) is 6.15. The van der Waals surface area contributed by atoms with Crippen LogP contribution in [0.1, 0.15) is 44.3 Å². The summed E-state index contributed by atoms with van der Waals surface area (Å²) in [6.07, 6.45) is 3.97. The molecule has 0 amide bonds. The Morgan fingerprint density at radius 3 is 2.68 bits per heavy atom. The van der Waals surface area contributed by atoms with E-state index < -0.39 is 0 Å². The van der Waals surface area contributed by atoms with E-state index in [0.717, 1.165) is 64.4 Å². The van der Waals surface area contributed by atoms with Gasteiger partial charge in [-0.3, -0.25) is 9.79 Å². The number of piperidine rings is 1. The van der Waals surface area contributed by atoms with Crippen molar-refractivity contribution in [3.05, 3.63) is 35.9 Å². The van der Waals surface area contributed by atoms with Crippen molar-refractivity contribution < 1.29 is 14.3 Å². The van der Waals surface area contributed by atoms with Gasteiger partial charge >= 0.3 is 5.97 Å². The van der Waals surface area contributed by atoms with Crippen molar-refractivity contribution in [1.82, 2.24) is 10.2 Å². The Hall–Kier alpha value is -2.08. The van der Waals surface area contributed by atoms with E-state index >= 15 is 0 Å². The molecule has 28 heavy (non-hydrogen) atoms. The predicted octanol–water partition coefficient (Wildman–Crippen LogP) is 3.00. The highest BCUT2D eigenvalue weighted by molar-refractivity contribution is 5.80. The number of hydrogen-bond acceptors (Lipinski definition) is 4. The number of nitrogens with zero attached hydrogens (tertiary/aromatic N) is 2. The smallest absolute Gasteiger partial charge is 0.308 e. The standard InChI is InChI=1S/C22H33N3O3/c1-3-23-22(25-13-11-18(12-14-25)21(26)27-2)24-16-19-10-7-15-28-20(19)17-8-5-4-6-9-17/h4-6,8-9,18-20H,3,7,10-16H2,1-2H3,(H,23,24). The SMILES string of the molecule is CCNC(=NCC1CCCOC1c1ccccc1)N1CCC(C(=O)OC)CC1. The molecule has 2 aliphatic heterocycles. The first-order valence-electron chi connectivity index (χ1n) is 10.5. The lowest BCUT2D eigenvalue weighted by Gasteiger charge is -2.34. The van der Waals surface area contributed by atoms with Gasteiger partial charge < -0.3 is 19.7 Å². The molecule has 1 aromatic rings. The summed E-state index contributed by atoms with van der Waals surface area (Å²) in [7, 11) is 1.47. The zero-order chi connectivity index (χ0) is 19.8. The number of nitrogens with one attached hydrogen (secondary N) is 1. The molecule has 154 valence electrons. The van der Waals surface area contributed by atoms with Crippen LogP contribution in [0.15, 0.2) is 35.3 Å². The van der Waals surface area contributed by atoms with E-state index in [1.165, 1.54) is 12.7 Å². The van der Waals surface area contributed by atoms with Gasteiger partial charge in [-0.05, 0) is 38.2 Å². The Morgan fingerprint density at radius 2 is 2.00 bits per heavy atom. The van der Waals surface area contributed by atoms with Gasteiger partial charge in [-0.25, -0.2) is 0 Å². The van der Waals surface area contributed by atoms with E-state index in [4.69, 9.17) is 14.5 Å². The van der Waals surface area contributed by atoms with Crippen LogP contribution in [0.5, 0.6) is 0 Å². The van der Waals surface area contributed by atoms with E-state index in [1.807, 2.05) is 6.07 Å². The van der Waals surface area contributed by atoms with Gasteiger partial charge in [0.25, 0.3) is 0 Å². The summed E-state index contributed by atoms with van der Waals surface area (Å²) in [4.78, 5) is 19.0. The predicted molar refractivity (Wildman–Crippen MR) is 110 cm³/mol. The fraction of sp³-hybridized carbons (Fsp3) is 0.636. The molecule has 0 radical (unpaired) electrons. The number of rotatable bonds is 5. The molecular formula is C22H33N3O3. The summed E-state index contributed by atoms with van der Waals surface area (Å²) in [5.74, 6) is 1.26. The summed E-state index contributed by atoms with van der Waals surface area (Å²) in [6, 6.07) is 10.5. The molecule has 3 rings (SSSR count). The molecule has 0 aromatic heterocycles. The van der Waals surface area contributed by atoms with Crippen LogP contribution in [0.3, 0.4) is 0 Å². The molecule has 2 atom stereocenters. The Morgan fingerprint density at radius 1 is 1.25 bits per heavy atom. The third kappa shape index (κ3) is 5.25. The van der Waals surface area contributed by atoms with E-state index in [9.17, 15) is 4.79 Å². The second-order valence-corrected chi connectivity index (χ2v) is 7.58. The van der Waals surface area contributed by atoms with Gasteiger partial charge in [0.05, 0.1) is 19.1 Å². The number of guanidine groups is 1. The van der Waals surface area contributed by atoms with Gasteiger partial charge in [0, 0.05) is 38.7 Å². The lowest BCUT2D eigenvalue weighted by atomic mass is 9.89. The van der Waals surface area contributed by atoms with Crippen LogP contribution in [0.2, 0.25) is 0 Å². The molecule has 0 spiro atoms. The molecule has 0 aliphatic carbocycles. The van der Waals surface area contributed by atoms with Crippen molar-refractivity contribution >= 4 is 11.9 Å². The number of likely N-dealkylation sites (tertiary alicyclic amines) is 1. The van der Waals surface area contributed by atoms with Gasteiger partial charge in [0.15, 0.2) is 5.96 Å². The minimum atomic E-state index is -0.0911. The van der Waals surface area contributed by atoms with E-state index in [0.29, 0.717) is 5.92 Å². The lowest BCUT2D eigenvalue weighted by molar-refractivity contribution is -0.146. The first-order chi connectivity index (χ1) is 13.7. The van der Waals surface area contributed by atoms with Crippen LogP contribution in [0, 0.1) is 11.8 Å². The largest absolute Gasteiger partial charge is 0.469 e. The molecule has 1 aromatic carbocycles. The molecule has 2 fully saturated rings. The number of methoxy groups -OCH3 is 1. The maximum atomic E-state index is 11.8. The molecule has 2 aliphatic rings. The van der Waals surface area contributed by atoms with Crippen molar-refractivity contribution in [2.45, 2.75) is 38.7 Å². The van der Waals surface area contributed by atoms with Crippen LogP contribution >= 0.6 is 0 Å². The maximum Gasteiger partial charge on any atom is 0.308 e. The summed E-state index contributed by atoms with van der Waals surface area (Å²) >= 11 is 0. The Labute approximate surface area is 168 Å². The average molecular weight is 388 g/mol. The molecule has 0 saturated carbocycles. The maximum absolute atomic E-state index is 11.8. The van der Waals surface area contributed by atoms with Crippen molar-refractivity contribution in [3.63, 3.8) is 0 Å². The number of benzene rings is 1. The molecule has 1 N–H and O–H groups in total. The quantitative estimate of drug-likeness (QED) is 0.478. The second-order valence-electron chi connectivity index (χ2n) is 7.58. The molecule has 0 bridgehead atoms. The molecule has 6 nitrogen and oxygen atoms in total. The third-order valence-electron chi connectivity index (χ3n) is 5.71. The van der Waals surface area contributed by atoms with Gasteiger partial charge in [0.2, 0.25) is 0 Å². The number of esters is 1. The molecular weight excluding hydrogens is 354 g/mol. The normalized spacial score (nSPS) is 24.1. The monoisotopic (exact) mass is 387 g/mol. The van der Waals surface area contributed by atoms with Gasteiger partial charge in [0.1, 0.15) is 0 Å². The highest BCUT2D eigenvalue weighted by atomic mass is 16.5. The molecule has 2 unspecified atom stereocenters. The number of carbonyl (C=O) groups is 1. The molecule has 2 saturated heterocycles. The Bertz CT molecular complexity index is 642. The number of aliphatic imine (C=N–C) groups is 1. The summed E-state index contributed by atoms with van der Waals surface area (Å²) < 4.78 is 11.0. The number of ether oxygens (including phenoxy) is 2. The van der Waals surface area contributed by atoms with Crippen LogP contribution in [-0.2, 0) is 14.3 Å². The second kappa shape index (κ2) is 10.5. The first kappa shape index (κ1) is 20.6. The Kier molecular flexibility index (Phi) is 7.71. The third-order valence-corrected chi connectivity index (χ3v) is 5.71. The van der Waals surface area contributed by atoms with Crippen molar-refractivity contribution in [2.24, 2.45) is 16.8 Å². The summed E-state index contributed by atoms with van der Waals surface area (Å²) in [5, 5.41) is 3.42. The molecule has 2 heterocycles. The zero-order valence-electron chi connectivity index (χ0n) is 17.1. The summed E-state index contributed by atoms with van der Waals surface area (Å²) in [5.41, 5.74) is 1.24. The van der Waals surface area contributed by atoms with E-state index in [2.05, 4.69) is 41.4 Å². The highest BCUT2D eigenvalue weighted by Crippen LogP contribution is 2.33. The van der Waals surface area contributed by atoms with Gasteiger partial charge in [-0.15, -0.1) is 0 Å². The minimum absolute atomic E-state index is 0.0123.